The minimum absolute atomic E-state index is 0.0327. The van der Waals surface area contributed by atoms with Crippen LogP contribution in [-0.2, 0) is 0 Å². The smallest absolute Gasteiger partial charge is 0.266 e. The van der Waals surface area contributed by atoms with Gasteiger partial charge >= 0.3 is 0 Å². The van der Waals surface area contributed by atoms with Gasteiger partial charge in [0.2, 0.25) is 0 Å². The molecule has 14 heavy (non-hydrogen) atoms. The lowest BCUT2D eigenvalue weighted by Gasteiger charge is -2.12. The first-order chi connectivity index (χ1) is 6.54. The van der Waals surface area contributed by atoms with Crippen LogP contribution in [0.4, 0.5) is 0 Å². The minimum atomic E-state index is -0.387. The Morgan fingerprint density at radius 1 is 1.71 bits per heavy atom. The Morgan fingerprint density at radius 3 is 2.79 bits per heavy atom. The van der Waals surface area contributed by atoms with Gasteiger partial charge in [-0.15, -0.1) is 0 Å². The molecule has 0 aromatic carbocycles. The number of nitrogens with zero attached hydrogens (tertiary/aromatic N) is 1. The lowest BCUT2D eigenvalue weighted by atomic mass is 9.96. The Morgan fingerprint density at radius 2 is 2.36 bits per heavy atom. The Bertz CT molecular complexity index is 294. The van der Waals surface area contributed by atoms with Crippen LogP contribution in [0.2, 0.25) is 0 Å². The number of rotatable bonds is 4. The van der Waals surface area contributed by atoms with E-state index >= 15 is 0 Å². The van der Waals surface area contributed by atoms with Gasteiger partial charge in [0, 0.05) is 18.1 Å². The van der Waals surface area contributed by atoms with Gasteiger partial charge in [-0.3, -0.25) is 10.1 Å². The maximum Gasteiger partial charge on any atom is 0.266 e. The van der Waals surface area contributed by atoms with Gasteiger partial charge in [0.15, 0.2) is 0 Å². The zero-order valence-electron chi connectivity index (χ0n) is 8.43. The summed E-state index contributed by atoms with van der Waals surface area (Å²) in [6.07, 6.45) is 4.09. The third-order valence-corrected chi connectivity index (χ3v) is 2.54. The average Bonchev–Trinajstić information content (AvgIpc) is 2.48. The van der Waals surface area contributed by atoms with Gasteiger partial charge in [0.05, 0.1) is 11.0 Å². The molecule has 2 atom stereocenters. The molecule has 0 saturated heterocycles. The van der Waals surface area contributed by atoms with E-state index in [1.165, 1.54) is 0 Å². The number of allylic oxidation sites excluding steroid dienone is 3. The summed E-state index contributed by atoms with van der Waals surface area (Å²) in [6.45, 7) is 3.76. The van der Waals surface area contributed by atoms with E-state index in [0.717, 1.165) is 5.57 Å². The molecule has 0 aliphatic heterocycles. The maximum absolute atomic E-state index is 10.5. The van der Waals surface area contributed by atoms with Crippen LogP contribution < -0.4 is 0 Å². The van der Waals surface area contributed by atoms with Gasteiger partial charge in [-0.05, 0) is 19.8 Å². The van der Waals surface area contributed by atoms with Crippen molar-refractivity contribution in [1.29, 1.82) is 0 Å². The van der Waals surface area contributed by atoms with Crippen LogP contribution in [0.25, 0.3) is 0 Å². The molecule has 4 heteroatoms. The van der Waals surface area contributed by atoms with E-state index in [9.17, 15) is 15.2 Å². The predicted octanol–water partition coefficient (Wildman–Crippen LogP) is 1.88. The largest absolute Gasteiger partial charge is 0.393 e. The van der Waals surface area contributed by atoms with Crippen molar-refractivity contribution in [3.63, 3.8) is 0 Å². The molecule has 0 radical (unpaired) electrons. The number of nitro groups is 1. The van der Waals surface area contributed by atoms with Crippen LogP contribution >= 0.6 is 0 Å². The molecule has 4 nitrogen and oxygen atoms in total. The van der Waals surface area contributed by atoms with Crippen molar-refractivity contribution < 1.29 is 10.0 Å². The Hall–Kier alpha value is -1.16. The number of hydrogen-bond donors (Lipinski definition) is 1. The summed E-state index contributed by atoms with van der Waals surface area (Å²) >= 11 is 0. The molecular weight excluding hydrogens is 182 g/mol. The molecule has 0 heterocycles. The summed E-state index contributed by atoms with van der Waals surface area (Å²) in [5.41, 5.74) is 1.11. The van der Waals surface area contributed by atoms with Crippen molar-refractivity contribution >= 4 is 0 Å². The predicted molar refractivity (Wildman–Crippen MR) is 53.2 cm³/mol. The zero-order chi connectivity index (χ0) is 10.7. The second kappa shape index (κ2) is 4.37. The summed E-state index contributed by atoms with van der Waals surface area (Å²) in [5.74, 6) is 0.0327. The number of aliphatic hydroxyl groups is 1. The van der Waals surface area contributed by atoms with E-state index in [1.54, 1.807) is 12.2 Å². The van der Waals surface area contributed by atoms with Crippen molar-refractivity contribution in [1.82, 2.24) is 0 Å². The lowest BCUT2D eigenvalue weighted by molar-refractivity contribution is -0.418. The SMILES string of the molecule is CC[C@H](O)CC1C=C([N+](=O)[O-])C=C1C. The fourth-order valence-corrected chi connectivity index (χ4v) is 1.55. The average molecular weight is 197 g/mol. The van der Waals surface area contributed by atoms with E-state index in [1.807, 2.05) is 13.8 Å². The van der Waals surface area contributed by atoms with Crippen LogP contribution in [-0.4, -0.2) is 16.1 Å². The highest BCUT2D eigenvalue weighted by atomic mass is 16.6. The fraction of sp³-hybridized carbons (Fsp3) is 0.600. The highest BCUT2D eigenvalue weighted by Crippen LogP contribution is 2.28. The summed E-state index contributed by atoms with van der Waals surface area (Å²) in [4.78, 5) is 10.1. The first-order valence-electron chi connectivity index (χ1n) is 4.77. The van der Waals surface area contributed by atoms with E-state index in [2.05, 4.69) is 0 Å². The second-order valence-electron chi connectivity index (χ2n) is 3.64. The quantitative estimate of drug-likeness (QED) is 0.553. The molecule has 0 spiro atoms. The third kappa shape index (κ3) is 2.42. The maximum atomic E-state index is 10.5. The molecule has 1 rings (SSSR count). The van der Waals surface area contributed by atoms with Crippen LogP contribution in [0.1, 0.15) is 26.7 Å². The lowest BCUT2D eigenvalue weighted by Crippen LogP contribution is -2.10. The highest BCUT2D eigenvalue weighted by Gasteiger charge is 2.23. The number of aliphatic hydroxyl groups excluding tert-OH is 1. The van der Waals surface area contributed by atoms with Gasteiger partial charge in [0.1, 0.15) is 0 Å². The molecule has 0 fully saturated rings. The van der Waals surface area contributed by atoms with E-state index in [4.69, 9.17) is 0 Å². The summed E-state index contributed by atoms with van der Waals surface area (Å²) in [6, 6.07) is 0. The van der Waals surface area contributed by atoms with E-state index in [-0.39, 0.29) is 22.6 Å². The first-order valence-corrected chi connectivity index (χ1v) is 4.77. The monoisotopic (exact) mass is 197 g/mol. The second-order valence-corrected chi connectivity index (χ2v) is 3.64. The normalized spacial score (nSPS) is 22.9. The number of hydrogen-bond acceptors (Lipinski definition) is 3. The van der Waals surface area contributed by atoms with Gasteiger partial charge in [-0.1, -0.05) is 12.5 Å². The minimum Gasteiger partial charge on any atom is -0.393 e. The third-order valence-electron chi connectivity index (χ3n) is 2.54. The molecule has 0 saturated carbocycles. The zero-order valence-corrected chi connectivity index (χ0v) is 8.43. The molecule has 1 aliphatic rings. The summed E-state index contributed by atoms with van der Waals surface area (Å²) in [7, 11) is 0. The first kappa shape index (κ1) is 10.9. The molecule has 0 aromatic rings. The Labute approximate surface area is 83.1 Å². The fourth-order valence-electron chi connectivity index (χ4n) is 1.55. The van der Waals surface area contributed by atoms with Crippen molar-refractivity contribution in [3.05, 3.63) is 33.5 Å². The molecule has 1 unspecified atom stereocenters. The standard InChI is InChI=1S/C10H15NO3/c1-3-10(12)6-8-5-9(11(13)14)4-7(8)2/h4-5,8,10,12H,3,6H2,1-2H3/t8?,10-/m0/s1. The highest BCUT2D eigenvalue weighted by molar-refractivity contribution is 5.30. The van der Waals surface area contributed by atoms with Gasteiger partial charge in [-0.2, -0.15) is 0 Å². The van der Waals surface area contributed by atoms with Gasteiger partial charge in [-0.25, -0.2) is 0 Å². The summed E-state index contributed by atoms with van der Waals surface area (Å²) < 4.78 is 0. The Balaban J connectivity index is 2.66. The van der Waals surface area contributed by atoms with Crippen molar-refractivity contribution in [2.24, 2.45) is 5.92 Å². The molecule has 0 bridgehead atoms. The van der Waals surface area contributed by atoms with Crippen LogP contribution in [0.5, 0.6) is 0 Å². The van der Waals surface area contributed by atoms with E-state index in [0.29, 0.717) is 12.8 Å². The molecule has 0 amide bonds. The molecule has 78 valence electrons. The van der Waals surface area contributed by atoms with Crippen molar-refractivity contribution in [2.45, 2.75) is 32.8 Å². The van der Waals surface area contributed by atoms with Gasteiger partial charge in [0.25, 0.3) is 5.70 Å². The van der Waals surface area contributed by atoms with Crippen molar-refractivity contribution in [3.8, 4) is 0 Å². The van der Waals surface area contributed by atoms with E-state index < -0.39 is 0 Å². The molecule has 1 N–H and O–H groups in total. The van der Waals surface area contributed by atoms with Crippen LogP contribution in [0, 0.1) is 16.0 Å². The topological polar surface area (TPSA) is 63.4 Å². The van der Waals surface area contributed by atoms with Crippen LogP contribution in [0.3, 0.4) is 0 Å². The molecular formula is C10H15NO3. The van der Waals surface area contributed by atoms with Gasteiger partial charge < -0.3 is 5.11 Å². The van der Waals surface area contributed by atoms with Crippen molar-refractivity contribution in [2.75, 3.05) is 0 Å². The molecule has 1 aliphatic carbocycles. The Kier molecular flexibility index (Phi) is 3.41. The molecule has 0 aromatic heterocycles. The summed E-state index contributed by atoms with van der Waals surface area (Å²) in [5, 5.41) is 19.9. The van der Waals surface area contributed by atoms with Crippen LogP contribution in [0.15, 0.2) is 23.4 Å².